The number of nitrogens with zero attached hydrogens (tertiary/aromatic N) is 2. The quantitative estimate of drug-likeness (QED) is 0.647. The molecule has 1 aromatic heterocycles. The summed E-state index contributed by atoms with van der Waals surface area (Å²) >= 11 is 0. The molecular weight excluding hydrogens is 402 g/mol. The van der Waals surface area contributed by atoms with Crippen LogP contribution in [0.15, 0.2) is 73.1 Å². The molecule has 0 spiro atoms. The number of benzene rings is 2. The molecule has 3 aromatic rings. The zero-order valence-corrected chi connectivity index (χ0v) is 18.2. The molecule has 1 aliphatic rings. The van der Waals surface area contributed by atoms with Gasteiger partial charge < -0.3 is 15.4 Å². The van der Waals surface area contributed by atoms with Crippen LogP contribution in [0.2, 0.25) is 0 Å². The van der Waals surface area contributed by atoms with E-state index in [1.165, 1.54) is 0 Å². The standard InChI is InChI=1S/C26H27N3O3/c1-32-23-10-3-8-21(15-23)24(30)29-13-5-11-26(18-29,25(27)31)16-19-6-2-7-20(14-19)22-9-4-12-28-17-22/h2-4,6-10,12,14-15,17H,5,11,13,16,18H2,1H3,(H2,27,31)/t26-/m1/s1. The maximum absolute atomic E-state index is 13.2. The van der Waals surface area contributed by atoms with Crippen molar-refractivity contribution in [2.45, 2.75) is 19.3 Å². The molecular formula is C26H27N3O3. The number of primary amides is 1. The van der Waals surface area contributed by atoms with E-state index in [9.17, 15) is 9.59 Å². The monoisotopic (exact) mass is 429 g/mol. The van der Waals surface area contributed by atoms with Crippen LogP contribution in [-0.2, 0) is 11.2 Å². The fourth-order valence-corrected chi connectivity index (χ4v) is 4.46. The van der Waals surface area contributed by atoms with Crippen molar-refractivity contribution in [1.82, 2.24) is 9.88 Å². The van der Waals surface area contributed by atoms with Crippen LogP contribution in [0.1, 0.15) is 28.8 Å². The SMILES string of the molecule is COc1cccc(C(=O)N2CCC[C@](Cc3cccc(-c4cccnc4)c3)(C(N)=O)C2)c1. The van der Waals surface area contributed by atoms with Crippen molar-refractivity contribution in [1.29, 1.82) is 0 Å². The highest BCUT2D eigenvalue weighted by Crippen LogP contribution is 2.35. The van der Waals surface area contributed by atoms with E-state index in [2.05, 4.69) is 11.1 Å². The highest BCUT2D eigenvalue weighted by molar-refractivity contribution is 5.95. The van der Waals surface area contributed by atoms with Crippen molar-refractivity contribution >= 4 is 11.8 Å². The second-order valence-corrected chi connectivity index (χ2v) is 8.33. The van der Waals surface area contributed by atoms with E-state index >= 15 is 0 Å². The summed E-state index contributed by atoms with van der Waals surface area (Å²) in [5, 5.41) is 0. The van der Waals surface area contributed by atoms with Gasteiger partial charge in [0.05, 0.1) is 12.5 Å². The van der Waals surface area contributed by atoms with Crippen LogP contribution < -0.4 is 10.5 Å². The van der Waals surface area contributed by atoms with Gasteiger partial charge in [0.25, 0.3) is 5.91 Å². The van der Waals surface area contributed by atoms with E-state index in [-0.39, 0.29) is 11.8 Å². The molecule has 2 amide bonds. The van der Waals surface area contributed by atoms with Crippen molar-refractivity contribution in [3.05, 3.63) is 84.2 Å². The van der Waals surface area contributed by atoms with Crippen molar-refractivity contribution in [2.75, 3.05) is 20.2 Å². The van der Waals surface area contributed by atoms with E-state index in [0.717, 1.165) is 23.1 Å². The van der Waals surface area contributed by atoms with Crippen molar-refractivity contribution < 1.29 is 14.3 Å². The molecule has 32 heavy (non-hydrogen) atoms. The summed E-state index contributed by atoms with van der Waals surface area (Å²) in [7, 11) is 1.57. The molecule has 6 nitrogen and oxygen atoms in total. The normalized spacial score (nSPS) is 18.2. The summed E-state index contributed by atoms with van der Waals surface area (Å²) in [6, 6.07) is 19.1. The van der Waals surface area contributed by atoms with Gasteiger partial charge in [-0.1, -0.05) is 36.4 Å². The van der Waals surface area contributed by atoms with E-state index < -0.39 is 5.41 Å². The maximum Gasteiger partial charge on any atom is 0.254 e. The van der Waals surface area contributed by atoms with Gasteiger partial charge in [-0.2, -0.15) is 0 Å². The summed E-state index contributed by atoms with van der Waals surface area (Å²) in [6.45, 7) is 0.899. The Labute approximate surface area is 188 Å². The molecule has 1 fully saturated rings. The first kappa shape index (κ1) is 21.6. The Balaban J connectivity index is 1.58. The lowest BCUT2D eigenvalue weighted by atomic mass is 9.74. The number of piperidine rings is 1. The highest BCUT2D eigenvalue weighted by Gasteiger charge is 2.42. The molecule has 6 heteroatoms. The first-order chi connectivity index (χ1) is 15.5. The third kappa shape index (κ3) is 4.49. The van der Waals surface area contributed by atoms with Gasteiger partial charge in [0.2, 0.25) is 5.91 Å². The Morgan fingerprint density at radius 3 is 2.66 bits per heavy atom. The Hall–Kier alpha value is -3.67. The minimum Gasteiger partial charge on any atom is -0.497 e. The molecule has 0 unspecified atom stereocenters. The maximum atomic E-state index is 13.2. The summed E-state index contributed by atoms with van der Waals surface area (Å²) in [5.41, 5.74) is 8.75. The Morgan fingerprint density at radius 2 is 1.91 bits per heavy atom. The predicted octanol–water partition coefficient (Wildman–Crippen LogP) is 3.71. The van der Waals surface area contributed by atoms with Crippen LogP contribution in [0.25, 0.3) is 11.1 Å². The number of ether oxygens (including phenoxy) is 1. The average Bonchev–Trinajstić information content (AvgIpc) is 2.84. The van der Waals surface area contributed by atoms with Gasteiger partial charge in [0.15, 0.2) is 0 Å². The second-order valence-electron chi connectivity index (χ2n) is 8.33. The van der Waals surface area contributed by atoms with Crippen LogP contribution >= 0.6 is 0 Å². The summed E-state index contributed by atoms with van der Waals surface area (Å²) in [6.07, 6.45) is 5.42. The molecule has 4 rings (SSSR count). The number of aromatic nitrogens is 1. The highest BCUT2D eigenvalue weighted by atomic mass is 16.5. The summed E-state index contributed by atoms with van der Waals surface area (Å²) in [4.78, 5) is 31.8. The van der Waals surface area contributed by atoms with E-state index in [1.807, 2.05) is 36.5 Å². The number of nitrogens with two attached hydrogens (primary N) is 1. The van der Waals surface area contributed by atoms with Gasteiger partial charge in [-0.05, 0) is 60.2 Å². The Morgan fingerprint density at radius 1 is 1.09 bits per heavy atom. The van der Waals surface area contributed by atoms with Crippen molar-refractivity contribution in [3.63, 3.8) is 0 Å². The summed E-state index contributed by atoms with van der Waals surface area (Å²) in [5.74, 6) is 0.145. The van der Waals surface area contributed by atoms with Crippen LogP contribution in [-0.4, -0.2) is 41.9 Å². The molecule has 1 aliphatic heterocycles. The van der Waals surface area contributed by atoms with Gasteiger partial charge in [0, 0.05) is 31.0 Å². The molecule has 0 saturated carbocycles. The van der Waals surface area contributed by atoms with Gasteiger partial charge in [0.1, 0.15) is 5.75 Å². The Kier molecular flexibility index (Phi) is 6.21. The number of pyridine rings is 1. The number of hydrogen-bond donors (Lipinski definition) is 1. The smallest absolute Gasteiger partial charge is 0.254 e. The molecule has 2 heterocycles. The lowest BCUT2D eigenvalue weighted by Crippen LogP contribution is -2.53. The molecule has 0 aliphatic carbocycles. The van der Waals surface area contributed by atoms with Gasteiger partial charge in [-0.3, -0.25) is 14.6 Å². The topological polar surface area (TPSA) is 85.5 Å². The molecule has 1 atom stereocenters. The lowest BCUT2D eigenvalue weighted by molar-refractivity contribution is -0.130. The molecule has 2 N–H and O–H groups in total. The van der Waals surface area contributed by atoms with E-state index in [4.69, 9.17) is 10.5 Å². The number of methoxy groups -OCH3 is 1. The number of amides is 2. The van der Waals surface area contributed by atoms with Crippen LogP contribution in [0.4, 0.5) is 0 Å². The van der Waals surface area contributed by atoms with Crippen LogP contribution in [0.5, 0.6) is 5.75 Å². The summed E-state index contributed by atoms with van der Waals surface area (Å²) < 4.78 is 5.25. The third-order valence-corrected chi connectivity index (χ3v) is 6.17. The van der Waals surface area contributed by atoms with Crippen molar-refractivity contribution in [2.24, 2.45) is 11.1 Å². The number of hydrogen-bond acceptors (Lipinski definition) is 4. The largest absolute Gasteiger partial charge is 0.497 e. The first-order valence-corrected chi connectivity index (χ1v) is 10.7. The molecule has 0 bridgehead atoms. The number of likely N-dealkylation sites (tertiary alicyclic amines) is 1. The number of rotatable bonds is 6. The Bertz CT molecular complexity index is 1120. The molecule has 2 aromatic carbocycles. The fourth-order valence-electron chi connectivity index (χ4n) is 4.46. The predicted molar refractivity (Wildman–Crippen MR) is 123 cm³/mol. The zero-order chi connectivity index (χ0) is 22.6. The van der Waals surface area contributed by atoms with Crippen LogP contribution in [0.3, 0.4) is 0 Å². The lowest BCUT2D eigenvalue weighted by Gasteiger charge is -2.41. The average molecular weight is 430 g/mol. The van der Waals surface area contributed by atoms with E-state index in [0.29, 0.717) is 37.2 Å². The second kappa shape index (κ2) is 9.22. The fraction of sp³-hybridized carbons (Fsp3) is 0.269. The first-order valence-electron chi connectivity index (χ1n) is 10.7. The number of carbonyl (C=O) groups excluding carboxylic acids is 2. The molecule has 1 saturated heterocycles. The molecule has 164 valence electrons. The van der Waals surface area contributed by atoms with Gasteiger partial charge >= 0.3 is 0 Å². The number of carbonyl (C=O) groups is 2. The van der Waals surface area contributed by atoms with E-state index in [1.54, 1.807) is 42.5 Å². The minimum absolute atomic E-state index is 0.113. The van der Waals surface area contributed by atoms with Crippen molar-refractivity contribution in [3.8, 4) is 16.9 Å². The zero-order valence-electron chi connectivity index (χ0n) is 18.2. The van der Waals surface area contributed by atoms with Crippen LogP contribution in [0, 0.1) is 5.41 Å². The third-order valence-electron chi connectivity index (χ3n) is 6.17. The van der Waals surface area contributed by atoms with Gasteiger partial charge in [-0.25, -0.2) is 0 Å². The minimum atomic E-state index is -0.805. The molecule has 0 radical (unpaired) electrons. The van der Waals surface area contributed by atoms with Gasteiger partial charge in [-0.15, -0.1) is 0 Å².